The molecular formula is C15H13N3O. The molecule has 0 saturated heterocycles. The Kier molecular flexibility index (Phi) is 2.98. The van der Waals surface area contributed by atoms with Crippen LogP contribution in [-0.2, 0) is 6.54 Å². The number of aromatic nitrogens is 3. The van der Waals surface area contributed by atoms with Crippen molar-refractivity contribution in [3.63, 3.8) is 0 Å². The van der Waals surface area contributed by atoms with E-state index in [2.05, 4.69) is 5.10 Å². The van der Waals surface area contributed by atoms with E-state index in [1.165, 1.54) is 6.33 Å². The van der Waals surface area contributed by atoms with Crippen molar-refractivity contribution in [2.75, 3.05) is 0 Å². The Morgan fingerprint density at radius 1 is 0.947 bits per heavy atom. The zero-order chi connectivity index (χ0) is 13.1. The van der Waals surface area contributed by atoms with Crippen molar-refractivity contribution in [2.24, 2.45) is 0 Å². The van der Waals surface area contributed by atoms with E-state index in [9.17, 15) is 5.21 Å². The maximum atomic E-state index is 11.9. The molecule has 1 aromatic heterocycles. The van der Waals surface area contributed by atoms with Gasteiger partial charge in [0, 0.05) is 5.10 Å². The van der Waals surface area contributed by atoms with Crippen LogP contribution < -0.4 is 4.73 Å². The predicted molar refractivity (Wildman–Crippen MR) is 72.2 cm³/mol. The van der Waals surface area contributed by atoms with Gasteiger partial charge in [0.05, 0.1) is 5.56 Å². The molecular weight excluding hydrogens is 238 g/mol. The molecule has 0 atom stereocenters. The molecule has 3 aromatic rings. The Balaban J connectivity index is 1.90. The van der Waals surface area contributed by atoms with E-state index in [-0.39, 0.29) is 0 Å². The maximum absolute atomic E-state index is 11.9. The van der Waals surface area contributed by atoms with Crippen LogP contribution in [0.2, 0.25) is 0 Å². The average Bonchev–Trinajstić information content (AvgIpc) is 2.82. The van der Waals surface area contributed by atoms with Crippen molar-refractivity contribution >= 4 is 0 Å². The lowest BCUT2D eigenvalue weighted by atomic mass is 10.2. The predicted octanol–water partition coefficient (Wildman–Crippen LogP) is 2.23. The van der Waals surface area contributed by atoms with E-state index in [4.69, 9.17) is 0 Å². The lowest BCUT2D eigenvalue weighted by Crippen LogP contribution is -2.25. The van der Waals surface area contributed by atoms with Crippen LogP contribution in [0.3, 0.4) is 0 Å². The molecule has 1 heterocycles. The fraction of sp³-hybridized carbons (Fsp3) is 0.0667. The van der Waals surface area contributed by atoms with E-state index >= 15 is 0 Å². The lowest BCUT2D eigenvalue weighted by molar-refractivity contribution is -0.594. The van der Waals surface area contributed by atoms with Gasteiger partial charge in [0.2, 0.25) is 6.33 Å². The van der Waals surface area contributed by atoms with Crippen molar-refractivity contribution in [2.45, 2.75) is 6.54 Å². The standard InChI is InChI=1S/C15H13N3O/c19-18-12-17(11-13-7-3-1-4-8-13)16-15(18)14-9-5-2-6-10-14/h1-10,12H,11H2. The molecule has 0 saturated carbocycles. The van der Waals surface area contributed by atoms with Crippen LogP contribution >= 0.6 is 0 Å². The highest BCUT2D eigenvalue weighted by atomic mass is 16.5. The smallest absolute Gasteiger partial charge is 0.309 e. The molecule has 0 aliphatic rings. The second-order valence-electron chi connectivity index (χ2n) is 4.31. The highest BCUT2D eigenvalue weighted by Crippen LogP contribution is 2.12. The van der Waals surface area contributed by atoms with E-state index in [0.717, 1.165) is 15.9 Å². The molecule has 4 heteroatoms. The van der Waals surface area contributed by atoms with Gasteiger partial charge in [-0.25, -0.2) is 4.73 Å². The molecule has 0 bridgehead atoms. The zero-order valence-electron chi connectivity index (χ0n) is 10.3. The van der Waals surface area contributed by atoms with Gasteiger partial charge in [-0.2, -0.15) is 0 Å². The van der Waals surface area contributed by atoms with Gasteiger partial charge in [-0.05, 0) is 17.7 Å². The number of benzene rings is 2. The van der Waals surface area contributed by atoms with E-state index in [1.54, 1.807) is 4.68 Å². The molecule has 4 nitrogen and oxygen atoms in total. The third kappa shape index (κ3) is 2.47. The quantitative estimate of drug-likeness (QED) is 0.529. The molecule has 0 spiro atoms. The molecule has 0 aliphatic carbocycles. The minimum atomic E-state index is 0.427. The van der Waals surface area contributed by atoms with Gasteiger partial charge in [0.25, 0.3) is 0 Å². The summed E-state index contributed by atoms with van der Waals surface area (Å²) in [4.78, 5) is 0. The minimum Gasteiger partial charge on any atom is -0.740 e. The van der Waals surface area contributed by atoms with Crippen LogP contribution in [0.25, 0.3) is 11.4 Å². The van der Waals surface area contributed by atoms with Crippen LogP contribution in [-0.4, -0.2) is 9.78 Å². The lowest BCUT2D eigenvalue weighted by Gasteiger charge is -1.99. The SMILES string of the molecule is [O-][n+]1cn(Cc2ccccc2)nc1-c1ccccc1. The molecule has 0 radical (unpaired) electrons. The zero-order valence-corrected chi connectivity index (χ0v) is 10.3. The number of hydrogen-bond donors (Lipinski definition) is 0. The maximum Gasteiger partial charge on any atom is 0.309 e. The molecule has 0 N–H and O–H groups in total. The van der Waals surface area contributed by atoms with E-state index < -0.39 is 0 Å². The Hall–Kier alpha value is -2.62. The first-order valence-electron chi connectivity index (χ1n) is 6.09. The topological polar surface area (TPSA) is 44.8 Å². The summed E-state index contributed by atoms with van der Waals surface area (Å²) in [7, 11) is 0. The van der Waals surface area contributed by atoms with E-state index in [0.29, 0.717) is 12.4 Å². The van der Waals surface area contributed by atoms with Crippen molar-refractivity contribution < 1.29 is 4.73 Å². The van der Waals surface area contributed by atoms with Crippen LogP contribution in [0.4, 0.5) is 0 Å². The second kappa shape index (κ2) is 4.94. The molecule has 0 unspecified atom stereocenters. The largest absolute Gasteiger partial charge is 0.740 e. The first-order valence-corrected chi connectivity index (χ1v) is 6.09. The van der Waals surface area contributed by atoms with Gasteiger partial charge in [-0.15, -0.1) is 4.68 Å². The van der Waals surface area contributed by atoms with Crippen molar-refractivity contribution in [3.8, 4) is 11.4 Å². The van der Waals surface area contributed by atoms with Gasteiger partial charge in [-0.3, -0.25) is 0 Å². The molecule has 0 amide bonds. The molecule has 0 aliphatic heterocycles. The van der Waals surface area contributed by atoms with Crippen molar-refractivity contribution in [3.05, 3.63) is 77.8 Å². The summed E-state index contributed by atoms with van der Waals surface area (Å²) in [5, 5.41) is 16.2. The summed E-state index contributed by atoms with van der Waals surface area (Å²) < 4.78 is 2.46. The molecule has 19 heavy (non-hydrogen) atoms. The number of rotatable bonds is 3. The Morgan fingerprint density at radius 2 is 1.58 bits per heavy atom. The van der Waals surface area contributed by atoms with Crippen LogP contribution in [0.5, 0.6) is 0 Å². The summed E-state index contributed by atoms with van der Waals surface area (Å²) in [5.74, 6) is 0.427. The third-order valence-electron chi connectivity index (χ3n) is 2.89. The molecule has 3 rings (SSSR count). The summed E-state index contributed by atoms with van der Waals surface area (Å²) in [5.41, 5.74) is 1.94. The highest BCUT2D eigenvalue weighted by molar-refractivity contribution is 5.50. The second-order valence-corrected chi connectivity index (χ2v) is 4.31. The fourth-order valence-electron chi connectivity index (χ4n) is 1.99. The highest BCUT2D eigenvalue weighted by Gasteiger charge is 2.14. The van der Waals surface area contributed by atoms with Crippen LogP contribution in [0.1, 0.15) is 5.56 Å². The molecule has 2 aromatic carbocycles. The van der Waals surface area contributed by atoms with Crippen LogP contribution in [0.15, 0.2) is 67.0 Å². The first-order chi connectivity index (χ1) is 9.33. The van der Waals surface area contributed by atoms with Crippen molar-refractivity contribution in [1.29, 1.82) is 0 Å². The van der Waals surface area contributed by atoms with Crippen molar-refractivity contribution in [1.82, 2.24) is 9.78 Å². The summed E-state index contributed by atoms with van der Waals surface area (Å²) >= 11 is 0. The monoisotopic (exact) mass is 251 g/mol. The fourth-order valence-corrected chi connectivity index (χ4v) is 1.99. The minimum absolute atomic E-state index is 0.427. The Labute approximate surface area is 111 Å². The van der Waals surface area contributed by atoms with Gasteiger partial charge in [0.15, 0.2) is 0 Å². The normalized spacial score (nSPS) is 10.5. The van der Waals surface area contributed by atoms with Gasteiger partial charge >= 0.3 is 5.82 Å². The van der Waals surface area contributed by atoms with Crippen LogP contribution in [0, 0.1) is 5.21 Å². The Morgan fingerprint density at radius 3 is 2.26 bits per heavy atom. The summed E-state index contributed by atoms with van der Waals surface area (Å²) in [6, 6.07) is 19.4. The third-order valence-corrected chi connectivity index (χ3v) is 2.89. The molecule has 94 valence electrons. The number of nitrogens with zero attached hydrogens (tertiary/aromatic N) is 3. The van der Waals surface area contributed by atoms with Gasteiger partial charge in [-0.1, -0.05) is 48.5 Å². The van der Waals surface area contributed by atoms with Gasteiger partial charge in [0.1, 0.15) is 6.54 Å². The summed E-state index contributed by atoms with van der Waals surface area (Å²) in [6.45, 7) is 0.593. The number of hydrogen-bond acceptors (Lipinski definition) is 2. The van der Waals surface area contributed by atoms with E-state index in [1.807, 2.05) is 60.7 Å². The average molecular weight is 251 g/mol. The first kappa shape index (κ1) is 11.5. The Bertz CT molecular complexity index is 662. The molecule has 0 fully saturated rings. The summed E-state index contributed by atoms with van der Waals surface area (Å²) in [6.07, 6.45) is 1.47. The van der Waals surface area contributed by atoms with Gasteiger partial charge < -0.3 is 5.21 Å².